The molecule has 0 unspecified atom stereocenters. The van der Waals surface area contributed by atoms with Gasteiger partial charge >= 0.3 is 0 Å². The lowest BCUT2D eigenvalue weighted by Crippen LogP contribution is -2.48. The molecule has 6 heteroatoms. The van der Waals surface area contributed by atoms with Crippen LogP contribution in [0, 0.1) is 5.82 Å². The zero-order chi connectivity index (χ0) is 19.1. The van der Waals surface area contributed by atoms with E-state index in [9.17, 15) is 9.18 Å². The number of nitrogens with zero attached hydrogens (tertiary/aromatic N) is 2. The minimum atomic E-state index is -0.284. The third-order valence-electron chi connectivity index (χ3n) is 4.84. The number of hydrogen-bond donors (Lipinski definition) is 1. The van der Waals surface area contributed by atoms with Crippen LogP contribution in [0.1, 0.15) is 5.56 Å². The fraction of sp³-hybridized carbons (Fsp3) is 0.381. The Kier molecular flexibility index (Phi) is 6.65. The number of carbonyl (C=O) groups excluding carboxylic acids is 1. The van der Waals surface area contributed by atoms with Gasteiger partial charge in [0.1, 0.15) is 11.6 Å². The van der Waals surface area contributed by atoms with Gasteiger partial charge < -0.3 is 15.0 Å². The fourth-order valence-corrected chi connectivity index (χ4v) is 3.23. The molecule has 1 aliphatic rings. The Balaban J connectivity index is 1.35. The minimum Gasteiger partial charge on any atom is -0.497 e. The molecule has 0 atom stereocenters. The van der Waals surface area contributed by atoms with E-state index < -0.39 is 0 Å². The lowest BCUT2D eigenvalue weighted by atomic mass is 10.1. The normalized spacial score (nSPS) is 14.8. The molecule has 1 fully saturated rings. The number of nitrogens with one attached hydrogen (secondary N) is 1. The Hall–Kier alpha value is -2.60. The monoisotopic (exact) mass is 371 g/mol. The molecular weight excluding hydrogens is 345 g/mol. The first-order valence-corrected chi connectivity index (χ1v) is 9.26. The Morgan fingerprint density at radius 2 is 1.70 bits per heavy atom. The highest BCUT2D eigenvalue weighted by Crippen LogP contribution is 2.20. The number of ether oxygens (including phenoxy) is 1. The third kappa shape index (κ3) is 5.69. The van der Waals surface area contributed by atoms with Gasteiger partial charge in [-0.15, -0.1) is 0 Å². The van der Waals surface area contributed by atoms with Crippen molar-refractivity contribution in [2.45, 2.75) is 6.42 Å². The summed E-state index contributed by atoms with van der Waals surface area (Å²) in [5.41, 5.74) is 2.03. The Morgan fingerprint density at radius 1 is 1.04 bits per heavy atom. The van der Waals surface area contributed by atoms with Crippen molar-refractivity contribution in [3.8, 4) is 5.75 Å². The summed E-state index contributed by atoms with van der Waals surface area (Å²) in [6.07, 6.45) is 0.283. The van der Waals surface area contributed by atoms with E-state index in [0.717, 1.165) is 44.0 Å². The first kappa shape index (κ1) is 19.2. The number of rotatable bonds is 7. The van der Waals surface area contributed by atoms with Crippen LogP contribution in [0.2, 0.25) is 0 Å². The molecule has 2 aromatic rings. The van der Waals surface area contributed by atoms with Crippen LogP contribution in [-0.2, 0) is 11.2 Å². The molecule has 1 amide bonds. The molecule has 0 spiro atoms. The second kappa shape index (κ2) is 9.37. The van der Waals surface area contributed by atoms with Crippen LogP contribution in [0.25, 0.3) is 0 Å². The lowest BCUT2D eigenvalue weighted by Gasteiger charge is -2.36. The quantitative estimate of drug-likeness (QED) is 0.811. The van der Waals surface area contributed by atoms with Gasteiger partial charge in [0.25, 0.3) is 0 Å². The number of carbonyl (C=O) groups is 1. The molecule has 144 valence electrons. The van der Waals surface area contributed by atoms with Gasteiger partial charge in [0.15, 0.2) is 0 Å². The van der Waals surface area contributed by atoms with Crippen molar-refractivity contribution in [3.05, 3.63) is 59.9 Å². The molecule has 1 aliphatic heterocycles. The summed E-state index contributed by atoms with van der Waals surface area (Å²) in [7, 11) is 1.67. The number of anilines is 1. The number of hydrogen-bond acceptors (Lipinski definition) is 4. The zero-order valence-corrected chi connectivity index (χ0v) is 15.7. The molecule has 1 heterocycles. The van der Waals surface area contributed by atoms with Crippen molar-refractivity contribution in [1.29, 1.82) is 0 Å². The second-order valence-electron chi connectivity index (χ2n) is 6.68. The minimum absolute atomic E-state index is 0.0292. The highest BCUT2D eigenvalue weighted by atomic mass is 19.1. The van der Waals surface area contributed by atoms with Crippen LogP contribution < -0.4 is 15.0 Å². The molecule has 0 aromatic heterocycles. The summed E-state index contributed by atoms with van der Waals surface area (Å²) >= 11 is 0. The lowest BCUT2D eigenvalue weighted by molar-refractivity contribution is -0.120. The molecule has 0 bridgehead atoms. The topological polar surface area (TPSA) is 44.8 Å². The SMILES string of the molecule is COc1ccc(N2CCN(CCNC(=O)Cc3ccc(F)cc3)CC2)cc1. The van der Waals surface area contributed by atoms with E-state index in [-0.39, 0.29) is 18.1 Å². The maximum atomic E-state index is 12.9. The van der Waals surface area contributed by atoms with Crippen molar-refractivity contribution < 1.29 is 13.9 Å². The number of methoxy groups -OCH3 is 1. The standard InChI is InChI=1S/C21H26FN3O2/c1-27-20-8-6-19(7-9-20)25-14-12-24(13-15-25)11-10-23-21(26)16-17-2-4-18(22)5-3-17/h2-9H,10-16H2,1H3,(H,23,26). The molecule has 0 saturated carbocycles. The van der Waals surface area contributed by atoms with Crippen LogP contribution in [0.15, 0.2) is 48.5 Å². The van der Waals surface area contributed by atoms with Crippen LogP contribution in [0.4, 0.5) is 10.1 Å². The summed E-state index contributed by atoms with van der Waals surface area (Å²) < 4.78 is 18.1. The molecule has 3 rings (SSSR count). The first-order valence-electron chi connectivity index (χ1n) is 9.26. The second-order valence-corrected chi connectivity index (χ2v) is 6.68. The van der Waals surface area contributed by atoms with E-state index in [1.165, 1.54) is 17.8 Å². The van der Waals surface area contributed by atoms with Crippen LogP contribution >= 0.6 is 0 Å². The first-order chi connectivity index (χ1) is 13.1. The van der Waals surface area contributed by atoms with Crippen LogP contribution in [0.5, 0.6) is 5.75 Å². The Labute approximate surface area is 159 Å². The Bertz CT molecular complexity index is 726. The molecule has 1 saturated heterocycles. The molecule has 0 radical (unpaired) electrons. The molecule has 5 nitrogen and oxygen atoms in total. The highest BCUT2D eigenvalue weighted by Gasteiger charge is 2.17. The number of piperazine rings is 1. The average Bonchev–Trinajstić information content (AvgIpc) is 2.70. The van der Waals surface area contributed by atoms with Gasteiger partial charge in [-0.2, -0.15) is 0 Å². The predicted octanol–water partition coefficient (Wildman–Crippen LogP) is 2.32. The van der Waals surface area contributed by atoms with Gasteiger partial charge in [0.05, 0.1) is 13.5 Å². The predicted molar refractivity (Wildman–Crippen MR) is 105 cm³/mol. The summed E-state index contributed by atoms with van der Waals surface area (Å²) in [4.78, 5) is 16.7. The fourth-order valence-electron chi connectivity index (χ4n) is 3.23. The number of amides is 1. The summed E-state index contributed by atoms with van der Waals surface area (Å²) in [5.74, 6) is 0.556. The smallest absolute Gasteiger partial charge is 0.224 e. The van der Waals surface area contributed by atoms with Crippen molar-refractivity contribution in [2.24, 2.45) is 0 Å². The molecule has 27 heavy (non-hydrogen) atoms. The maximum absolute atomic E-state index is 12.9. The maximum Gasteiger partial charge on any atom is 0.224 e. The van der Waals surface area contributed by atoms with E-state index >= 15 is 0 Å². The van der Waals surface area contributed by atoms with E-state index in [1.807, 2.05) is 12.1 Å². The van der Waals surface area contributed by atoms with Crippen molar-refractivity contribution in [3.63, 3.8) is 0 Å². The van der Waals surface area contributed by atoms with Crippen molar-refractivity contribution in [1.82, 2.24) is 10.2 Å². The van der Waals surface area contributed by atoms with Gasteiger partial charge in [-0.1, -0.05) is 12.1 Å². The van der Waals surface area contributed by atoms with Crippen molar-refractivity contribution >= 4 is 11.6 Å². The highest BCUT2D eigenvalue weighted by molar-refractivity contribution is 5.78. The zero-order valence-electron chi connectivity index (χ0n) is 15.7. The summed E-state index contributed by atoms with van der Waals surface area (Å²) in [5, 5.41) is 2.95. The van der Waals surface area contributed by atoms with Gasteiger partial charge in [0, 0.05) is 45.0 Å². The molecule has 2 aromatic carbocycles. The number of benzene rings is 2. The summed E-state index contributed by atoms with van der Waals surface area (Å²) in [6.45, 7) is 5.35. The van der Waals surface area contributed by atoms with Crippen LogP contribution in [-0.4, -0.2) is 57.2 Å². The van der Waals surface area contributed by atoms with E-state index in [4.69, 9.17) is 4.74 Å². The molecular formula is C21H26FN3O2. The van der Waals surface area contributed by atoms with E-state index in [2.05, 4.69) is 27.2 Å². The molecule has 1 N–H and O–H groups in total. The van der Waals surface area contributed by atoms with E-state index in [1.54, 1.807) is 19.2 Å². The van der Waals surface area contributed by atoms with Crippen LogP contribution in [0.3, 0.4) is 0 Å². The van der Waals surface area contributed by atoms with Gasteiger partial charge in [-0.25, -0.2) is 4.39 Å². The van der Waals surface area contributed by atoms with Crippen molar-refractivity contribution in [2.75, 3.05) is 51.3 Å². The van der Waals surface area contributed by atoms with E-state index in [0.29, 0.717) is 6.54 Å². The van der Waals surface area contributed by atoms with Gasteiger partial charge in [-0.3, -0.25) is 9.69 Å². The summed E-state index contributed by atoms with van der Waals surface area (Å²) in [6, 6.07) is 14.2. The largest absolute Gasteiger partial charge is 0.497 e. The molecule has 0 aliphatic carbocycles. The number of halogens is 1. The average molecular weight is 371 g/mol. The third-order valence-corrected chi connectivity index (χ3v) is 4.84. The van der Waals surface area contributed by atoms with Gasteiger partial charge in [-0.05, 0) is 42.0 Å². The Morgan fingerprint density at radius 3 is 2.33 bits per heavy atom. The van der Waals surface area contributed by atoms with Gasteiger partial charge in [0.2, 0.25) is 5.91 Å².